The van der Waals surface area contributed by atoms with Gasteiger partial charge in [-0.1, -0.05) is 185 Å². The molecule has 9 aromatic rings. The fourth-order valence-corrected chi connectivity index (χ4v) is 10.3. The van der Waals surface area contributed by atoms with Crippen molar-refractivity contribution in [3.63, 3.8) is 0 Å². The predicted octanol–water partition coefficient (Wildman–Crippen LogP) is 15.4. The third kappa shape index (κ3) is 4.95. The molecule has 0 bridgehead atoms. The first kappa shape index (κ1) is 33.6. The summed E-state index contributed by atoms with van der Waals surface area (Å²) in [5, 5.41) is 4.99. The number of rotatable bonds is 5. The molecule has 0 unspecified atom stereocenters. The third-order valence-corrected chi connectivity index (χ3v) is 13.1. The zero-order valence-electron chi connectivity index (χ0n) is 32.8. The topological polar surface area (TPSA) is 3.24 Å². The molecule has 0 saturated carbocycles. The van der Waals surface area contributed by atoms with Crippen LogP contribution in [0, 0.1) is 0 Å². The number of hydrogen-bond acceptors (Lipinski definition) is 1. The molecule has 2 aliphatic rings. The lowest BCUT2D eigenvalue weighted by Crippen LogP contribution is -2.17. The van der Waals surface area contributed by atoms with Gasteiger partial charge in [0.2, 0.25) is 0 Å². The number of nitrogens with zero attached hydrogens (tertiary/aromatic N) is 1. The van der Waals surface area contributed by atoms with Crippen LogP contribution in [0.1, 0.15) is 49.9 Å². The van der Waals surface area contributed by atoms with Crippen molar-refractivity contribution in [1.82, 2.24) is 0 Å². The first-order valence-corrected chi connectivity index (χ1v) is 20.2. The molecular formula is C56H43N. The maximum absolute atomic E-state index is 2.49. The lowest BCUT2D eigenvalue weighted by molar-refractivity contribution is 0.660. The Labute approximate surface area is 335 Å². The van der Waals surface area contributed by atoms with Gasteiger partial charge in [0.05, 0.1) is 11.4 Å². The van der Waals surface area contributed by atoms with E-state index < -0.39 is 0 Å². The maximum atomic E-state index is 2.49. The Morgan fingerprint density at radius 3 is 1.67 bits per heavy atom. The fourth-order valence-electron chi connectivity index (χ4n) is 10.3. The lowest BCUT2D eigenvalue weighted by atomic mass is 9.78. The average Bonchev–Trinajstić information content (AvgIpc) is 3.63. The van der Waals surface area contributed by atoms with Crippen LogP contribution in [0.25, 0.3) is 66.1 Å². The van der Waals surface area contributed by atoms with Gasteiger partial charge in [-0.3, -0.25) is 0 Å². The molecule has 0 radical (unpaired) electrons. The zero-order chi connectivity index (χ0) is 38.5. The van der Waals surface area contributed by atoms with E-state index in [2.05, 4.69) is 221 Å². The minimum Gasteiger partial charge on any atom is -0.309 e. The normalized spacial score (nSPS) is 14.2. The van der Waals surface area contributed by atoms with Gasteiger partial charge in [0.25, 0.3) is 0 Å². The molecule has 0 atom stereocenters. The highest BCUT2D eigenvalue weighted by molar-refractivity contribution is 6.13. The Bertz CT molecular complexity index is 3070. The summed E-state index contributed by atoms with van der Waals surface area (Å²) in [5.41, 5.74) is 19.1. The molecule has 0 spiro atoms. The van der Waals surface area contributed by atoms with Gasteiger partial charge in [-0.2, -0.15) is 0 Å². The Morgan fingerprint density at radius 2 is 0.877 bits per heavy atom. The van der Waals surface area contributed by atoms with Gasteiger partial charge >= 0.3 is 0 Å². The monoisotopic (exact) mass is 729 g/mol. The van der Waals surface area contributed by atoms with Crippen LogP contribution in [0.15, 0.2) is 188 Å². The maximum Gasteiger partial charge on any atom is 0.0540 e. The second-order valence-electron chi connectivity index (χ2n) is 16.9. The number of anilines is 3. The van der Waals surface area contributed by atoms with E-state index in [1.165, 1.54) is 88.3 Å². The van der Waals surface area contributed by atoms with Crippen molar-refractivity contribution in [3.05, 3.63) is 210 Å². The highest BCUT2D eigenvalue weighted by atomic mass is 15.1. The van der Waals surface area contributed by atoms with Gasteiger partial charge in [0, 0.05) is 27.5 Å². The summed E-state index contributed by atoms with van der Waals surface area (Å²) in [6, 6.07) is 70.1. The molecule has 0 aromatic heterocycles. The summed E-state index contributed by atoms with van der Waals surface area (Å²) in [4.78, 5) is 2.49. The Morgan fingerprint density at radius 1 is 0.333 bits per heavy atom. The second kappa shape index (κ2) is 12.4. The number of hydrogen-bond donors (Lipinski definition) is 0. The number of fused-ring (bicyclic) bond motifs is 9. The standard InChI is InChI=1S/C56H43N/c1-55(2)49-23-10-7-17-42(49)44-33-30-38(35-51(44)55)36-27-31-39(32-28-36)57(53-26-14-20-41-40-16-6-5-15-37(40)29-34-46(41)53)52-25-12-9-19-45(52)48-22-13-21-47-43-18-8-11-24-50(43)56(3,4)54(47)48/h5-35H,1-4H3. The minimum absolute atomic E-state index is 0.0471. The fraction of sp³-hybridized carbons (Fsp3) is 0.107. The summed E-state index contributed by atoms with van der Waals surface area (Å²) in [5.74, 6) is 0. The first-order valence-electron chi connectivity index (χ1n) is 20.2. The van der Waals surface area contributed by atoms with Crippen molar-refractivity contribution >= 4 is 38.6 Å². The molecule has 0 aliphatic heterocycles. The summed E-state index contributed by atoms with van der Waals surface area (Å²) < 4.78 is 0. The molecule has 11 rings (SSSR count). The van der Waals surface area contributed by atoms with Gasteiger partial charge in [0.1, 0.15) is 0 Å². The van der Waals surface area contributed by atoms with Gasteiger partial charge in [-0.15, -0.1) is 0 Å². The van der Waals surface area contributed by atoms with Crippen molar-refractivity contribution in [3.8, 4) is 44.5 Å². The molecular weight excluding hydrogens is 687 g/mol. The summed E-state index contributed by atoms with van der Waals surface area (Å²) in [7, 11) is 0. The Kier molecular flexibility index (Phi) is 7.32. The van der Waals surface area contributed by atoms with Gasteiger partial charge in [-0.05, 0) is 108 Å². The number of para-hydroxylation sites is 1. The third-order valence-electron chi connectivity index (χ3n) is 13.1. The smallest absolute Gasteiger partial charge is 0.0540 e. The number of benzene rings is 9. The molecule has 1 heteroatoms. The van der Waals surface area contributed by atoms with Gasteiger partial charge < -0.3 is 4.90 Å². The SMILES string of the molecule is CC1(C)c2ccccc2-c2ccc(-c3ccc(N(c4ccccc4-c4cccc5c4C(C)(C)c4ccccc4-5)c4cccc5c4ccc4ccccc45)cc3)cc21. The van der Waals surface area contributed by atoms with Crippen LogP contribution in [0.5, 0.6) is 0 Å². The minimum atomic E-state index is -0.147. The van der Waals surface area contributed by atoms with Crippen molar-refractivity contribution in [2.75, 3.05) is 4.90 Å². The van der Waals surface area contributed by atoms with E-state index in [0.717, 1.165) is 17.1 Å². The largest absolute Gasteiger partial charge is 0.309 e. The van der Waals surface area contributed by atoms with E-state index in [4.69, 9.17) is 0 Å². The first-order chi connectivity index (χ1) is 27.8. The molecule has 0 saturated heterocycles. The van der Waals surface area contributed by atoms with Crippen LogP contribution in [0.2, 0.25) is 0 Å². The molecule has 0 N–H and O–H groups in total. The molecule has 2 aliphatic carbocycles. The van der Waals surface area contributed by atoms with Crippen molar-refractivity contribution in [2.24, 2.45) is 0 Å². The van der Waals surface area contributed by atoms with Crippen LogP contribution >= 0.6 is 0 Å². The van der Waals surface area contributed by atoms with E-state index in [0.29, 0.717) is 0 Å². The highest BCUT2D eigenvalue weighted by Crippen LogP contribution is 2.54. The molecule has 9 aromatic carbocycles. The van der Waals surface area contributed by atoms with Crippen LogP contribution in [0.3, 0.4) is 0 Å². The quantitative estimate of drug-likeness (QED) is 0.159. The summed E-state index contributed by atoms with van der Waals surface area (Å²) in [6.07, 6.45) is 0. The summed E-state index contributed by atoms with van der Waals surface area (Å²) >= 11 is 0. The molecule has 272 valence electrons. The molecule has 0 amide bonds. The van der Waals surface area contributed by atoms with E-state index in [9.17, 15) is 0 Å². The highest BCUT2D eigenvalue weighted by Gasteiger charge is 2.38. The molecule has 57 heavy (non-hydrogen) atoms. The van der Waals surface area contributed by atoms with Crippen LogP contribution < -0.4 is 4.90 Å². The lowest BCUT2D eigenvalue weighted by Gasteiger charge is -2.31. The van der Waals surface area contributed by atoms with Crippen molar-refractivity contribution < 1.29 is 0 Å². The van der Waals surface area contributed by atoms with Crippen LogP contribution in [-0.4, -0.2) is 0 Å². The van der Waals surface area contributed by atoms with Crippen LogP contribution in [-0.2, 0) is 10.8 Å². The van der Waals surface area contributed by atoms with Crippen molar-refractivity contribution in [1.29, 1.82) is 0 Å². The zero-order valence-corrected chi connectivity index (χ0v) is 32.8. The van der Waals surface area contributed by atoms with E-state index >= 15 is 0 Å². The Hall–Kier alpha value is -6.70. The van der Waals surface area contributed by atoms with Gasteiger partial charge in [0.15, 0.2) is 0 Å². The van der Waals surface area contributed by atoms with Crippen molar-refractivity contribution in [2.45, 2.75) is 38.5 Å². The van der Waals surface area contributed by atoms with E-state index in [1.54, 1.807) is 0 Å². The van der Waals surface area contributed by atoms with Gasteiger partial charge in [-0.25, -0.2) is 0 Å². The predicted molar refractivity (Wildman–Crippen MR) is 242 cm³/mol. The van der Waals surface area contributed by atoms with Crippen LogP contribution in [0.4, 0.5) is 17.1 Å². The van der Waals surface area contributed by atoms with E-state index in [1.807, 2.05) is 0 Å². The Balaban J connectivity index is 1.10. The molecule has 1 nitrogen and oxygen atoms in total. The average molecular weight is 730 g/mol. The second-order valence-corrected chi connectivity index (χ2v) is 16.9. The van der Waals surface area contributed by atoms with E-state index in [-0.39, 0.29) is 10.8 Å². The summed E-state index contributed by atoms with van der Waals surface area (Å²) in [6.45, 7) is 9.48. The molecule has 0 fully saturated rings. The molecule has 0 heterocycles.